The summed E-state index contributed by atoms with van der Waals surface area (Å²) >= 11 is 3.28. The van der Waals surface area contributed by atoms with Gasteiger partial charge in [-0.1, -0.05) is 37.3 Å². The van der Waals surface area contributed by atoms with E-state index < -0.39 is 0 Å². The summed E-state index contributed by atoms with van der Waals surface area (Å²) in [6.07, 6.45) is 3.55. The third-order valence-electron chi connectivity index (χ3n) is 4.16. The van der Waals surface area contributed by atoms with Crippen molar-refractivity contribution in [2.75, 3.05) is 6.54 Å². The molecule has 0 radical (unpaired) electrons. The van der Waals surface area contributed by atoms with Crippen LogP contribution >= 0.6 is 15.9 Å². The van der Waals surface area contributed by atoms with Crippen LogP contribution in [0.4, 0.5) is 4.39 Å². The van der Waals surface area contributed by atoms with E-state index in [4.69, 9.17) is 0 Å². The highest BCUT2D eigenvalue weighted by atomic mass is 79.9. The normalized spacial score (nSPS) is 15.0. The molecule has 0 spiro atoms. The van der Waals surface area contributed by atoms with Crippen molar-refractivity contribution >= 4 is 15.9 Å². The van der Waals surface area contributed by atoms with E-state index in [9.17, 15) is 4.39 Å². The minimum atomic E-state index is -0.177. The van der Waals surface area contributed by atoms with Crippen molar-refractivity contribution in [2.24, 2.45) is 0 Å². The molecule has 1 nitrogen and oxygen atoms in total. The number of rotatable bonds is 4. The highest BCUT2D eigenvalue weighted by Gasteiger charge is 2.20. The van der Waals surface area contributed by atoms with Crippen LogP contribution in [-0.4, -0.2) is 6.54 Å². The summed E-state index contributed by atoms with van der Waals surface area (Å²) in [5.74, 6) is -0.177. The third-order valence-corrected chi connectivity index (χ3v) is 4.77. The van der Waals surface area contributed by atoms with Crippen LogP contribution in [0.3, 0.4) is 0 Å². The molecule has 3 heteroatoms. The first kappa shape index (κ1) is 14.7. The van der Waals surface area contributed by atoms with Crippen LogP contribution in [0, 0.1) is 5.82 Å². The van der Waals surface area contributed by atoms with Crippen LogP contribution in [0.15, 0.2) is 40.9 Å². The lowest BCUT2D eigenvalue weighted by atomic mass is 9.95. The molecule has 0 aromatic heterocycles. The summed E-state index contributed by atoms with van der Waals surface area (Å²) in [6.45, 7) is 2.85. The Balaban J connectivity index is 2.03. The molecule has 0 amide bonds. The van der Waals surface area contributed by atoms with Gasteiger partial charge in [0.25, 0.3) is 0 Å². The van der Waals surface area contributed by atoms with E-state index in [0.29, 0.717) is 10.0 Å². The average molecular weight is 348 g/mol. The Kier molecular flexibility index (Phi) is 4.41. The van der Waals surface area contributed by atoms with Gasteiger partial charge in [0.05, 0.1) is 10.5 Å². The predicted molar refractivity (Wildman–Crippen MR) is 88.1 cm³/mol. The van der Waals surface area contributed by atoms with Crippen LogP contribution in [0.5, 0.6) is 0 Å². The maximum absolute atomic E-state index is 14.4. The summed E-state index contributed by atoms with van der Waals surface area (Å²) in [5, 5.41) is 3.41. The fourth-order valence-electron chi connectivity index (χ4n) is 3.13. The molecule has 2 aromatic rings. The minimum absolute atomic E-state index is 0.0987. The molecule has 0 saturated carbocycles. The van der Waals surface area contributed by atoms with Gasteiger partial charge in [-0.15, -0.1) is 0 Å². The van der Waals surface area contributed by atoms with Gasteiger partial charge in [-0.2, -0.15) is 0 Å². The van der Waals surface area contributed by atoms with Crippen molar-refractivity contribution < 1.29 is 4.39 Å². The lowest BCUT2D eigenvalue weighted by molar-refractivity contribution is 0.554. The first-order chi connectivity index (χ1) is 10.2. The van der Waals surface area contributed by atoms with E-state index in [1.54, 1.807) is 6.07 Å². The molecule has 1 atom stereocenters. The highest BCUT2D eigenvalue weighted by Crippen LogP contribution is 2.31. The zero-order valence-electron chi connectivity index (χ0n) is 12.1. The topological polar surface area (TPSA) is 12.0 Å². The van der Waals surface area contributed by atoms with E-state index in [2.05, 4.69) is 46.4 Å². The van der Waals surface area contributed by atoms with Crippen LogP contribution in [0.1, 0.15) is 41.6 Å². The van der Waals surface area contributed by atoms with E-state index in [1.807, 2.05) is 12.1 Å². The van der Waals surface area contributed by atoms with E-state index >= 15 is 0 Å². The number of nitrogens with one attached hydrogen (secondary N) is 1. The molecule has 1 N–H and O–H groups in total. The third kappa shape index (κ3) is 2.90. The monoisotopic (exact) mass is 347 g/mol. The molecular weight excluding hydrogens is 329 g/mol. The van der Waals surface area contributed by atoms with Gasteiger partial charge < -0.3 is 5.32 Å². The number of halogens is 2. The second-order valence-electron chi connectivity index (χ2n) is 5.52. The van der Waals surface area contributed by atoms with Crippen molar-refractivity contribution in [2.45, 2.75) is 32.2 Å². The smallest absolute Gasteiger partial charge is 0.142 e. The van der Waals surface area contributed by atoms with Crippen LogP contribution in [0.25, 0.3) is 0 Å². The van der Waals surface area contributed by atoms with E-state index in [0.717, 1.165) is 18.5 Å². The molecular formula is C18H19BrFN. The first-order valence-electron chi connectivity index (χ1n) is 7.49. The molecule has 0 heterocycles. The van der Waals surface area contributed by atoms with Crippen molar-refractivity contribution in [1.82, 2.24) is 5.32 Å². The number of hydrogen-bond acceptors (Lipinski definition) is 1. The fraction of sp³-hybridized carbons (Fsp3) is 0.333. The van der Waals surface area contributed by atoms with Gasteiger partial charge in [0.15, 0.2) is 0 Å². The molecule has 110 valence electrons. The number of fused-ring (bicyclic) bond motifs is 1. The molecule has 3 rings (SSSR count). The molecule has 0 fully saturated rings. The zero-order chi connectivity index (χ0) is 14.8. The molecule has 1 aliphatic rings. The summed E-state index contributed by atoms with van der Waals surface area (Å²) in [6, 6.07) is 12.0. The molecule has 1 unspecified atom stereocenters. The number of hydrogen-bond donors (Lipinski definition) is 1. The highest BCUT2D eigenvalue weighted by molar-refractivity contribution is 9.10. The Morgan fingerprint density at radius 2 is 2.00 bits per heavy atom. The average Bonchev–Trinajstić information content (AvgIpc) is 2.95. The molecule has 0 aliphatic heterocycles. The maximum atomic E-state index is 14.4. The zero-order valence-corrected chi connectivity index (χ0v) is 13.7. The second kappa shape index (κ2) is 6.29. The molecule has 0 bridgehead atoms. The summed E-state index contributed by atoms with van der Waals surface area (Å²) in [4.78, 5) is 0. The van der Waals surface area contributed by atoms with Gasteiger partial charge in [-0.25, -0.2) is 4.39 Å². The minimum Gasteiger partial charge on any atom is -0.306 e. The Bertz CT molecular complexity index is 654. The van der Waals surface area contributed by atoms with Gasteiger partial charge in [-0.3, -0.25) is 0 Å². The van der Waals surface area contributed by atoms with Gasteiger partial charge in [0, 0.05) is 5.56 Å². The van der Waals surface area contributed by atoms with Crippen molar-refractivity contribution in [3.05, 3.63) is 68.9 Å². The molecule has 21 heavy (non-hydrogen) atoms. The van der Waals surface area contributed by atoms with Crippen molar-refractivity contribution in [1.29, 1.82) is 0 Å². The van der Waals surface area contributed by atoms with Crippen molar-refractivity contribution in [3.8, 4) is 0 Å². The van der Waals surface area contributed by atoms with Gasteiger partial charge in [0.1, 0.15) is 5.82 Å². The first-order valence-corrected chi connectivity index (χ1v) is 8.29. The quantitative estimate of drug-likeness (QED) is 0.839. The van der Waals surface area contributed by atoms with E-state index in [-0.39, 0.29) is 11.9 Å². The number of aryl methyl sites for hydroxylation is 2. The molecule has 1 aliphatic carbocycles. The lowest BCUT2D eigenvalue weighted by Gasteiger charge is -2.21. The van der Waals surface area contributed by atoms with Crippen molar-refractivity contribution in [3.63, 3.8) is 0 Å². The van der Waals surface area contributed by atoms with E-state index in [1.165, 1.54) is 24.0 Å². The standard InChI is InChI=1S/C18H19BrFN/c1-2-21-18(15-7-4-8-16(19)17(15)20)14-10-9-12-5-3-6-13(12)11-14/h4,7-11,18,21H,2-3,5-6H2,1H3. The summed E-state index contributed by atoms with van der Waals surface area (Å²) in [5.41, 5.74) is 4.72. The second-order valence-corrected chi connectivity index (χ2v) is 6.37. The maximum Gasteiger partial charge on any atom is 0.142 e. The SMILES string of the molecule is CCNC(c1ccc2c(c1)CCC2)c1cccc(Br)c1F. The fourth-order valence-corrected chi connectivity index (χ4v) is 3.51. The molecule has 2 aromatic carbocycles. The number of benzene rings is 2. The Morgan fingerprint density at radius 1 is 1.19 bits per heavy atom. The van der Waals surface area contributed by atoms with Crippen LogP contribution in [-0.2, 0) is 12.8 Å². The largest absolute Gasteiger partial charge is 0.306 e. The summed E-state index contributed by atoms with van der Waals surface area (Å²) in [7, 11) is 0. The predicted octanol–water partition coefficient (Wildman–Crippen LogP) is 4.78. The Labute approximate surface area is 133 Å². The van der Waals surface area contributed by atoms with Crippen LogP contribution in [0.2, 0.25) is 0 Å². The molecule has 0 saturated heterocycles. The Morgan fingerprint density at radius 3 is 2.81 bits per heavy atom. The summed E-state index contributed by atoms with van der Waals surface area (Å²) < 4.78 is 15.0. The van der Waals surface area contributed by atoms with Gasteiger partial charge in [0.2, 0.25) is 0 Å². The van der Waals surface area contributed by atoms with Crippen LogP contribution < -0.4 is 5.32 Å². The van der Waals surface area contributed by atoms with Gasteiger partial charge >= 0.3 is 0 Å². The lowest BCUT2D eigenvalue weighted by Crippen LogP contribution is -2.23. The van der Waals surface area contributed by atoms with Gasteiger partial charge in [-0.05, 0) is 64.5 Å². The Hall–Kier alpha value is -1.19.